The lowest BCUT2D eigenvalue weighted by atomic mass is 9.85. The number of ketones is 1. The Hall–Kier alpha value is -3.15. The Balaban J connectivity index is 1.29. The molecule has 1 unspecified atom stereocenters. The highest BCUT2D eigenvalue weighted by Gasteiger charge is 2.25. The second-order valence-corrected chi connectivity index (χ2v) is 10.3. The van der Waals surface area contributed by atoms with Gasteiger partial charge < -0.3 is 10.4 Å². The minimum atomic E-state index is -1.02. The molecule has 4 rings (SSSR count). The summed E-state index contributed by atoms with van der Waals surface area (Å²) in [6.45, 7) is 0. The third-order valence-electron chi connectivity index (χ3n) is 6.83. The maximum absolute atomic E-state index is 12.7. The number of carboxylic acid groups (broad SMARTS) is 1. The first kappa shape index (κ1) is 26.9. The number of allylic oxidation sites excluding steroid dienone is 1. The molecule has 0 saturated heterocycles. The van der Waals surface area contributed by atoms with Gasteiger partial charge >= 0.3 is 5.97 Å². The molecule has 1 atom stereocenters. The third-order valence-corrected chi connectivity index (χ3v) is 7.46. The monoisotopic (exact) mass is 536 g/mol. The average molecular weight is 537 g/mol. The van der Waals surface area contributed by atoms with Crippen molar-refractivity contribution in [2.75, 3.05) is 5.32 Å². The molecule has 1 heterocycles. The van der Waals surface area contributed by atoms with Crippen molar-refractivity contribution in [1.29, 1.82) is 0 Å². The third kappa shape index (κ3) is 7.67. The molecule has 0 aliphatic heterocycles. The van der Waals surface area contributed by atoms with Gasteiger partial charge in [-0.2, -0.15) is 0 Å². The first-order valence-electron chi connectivity index (χ1n) is 12.5. The lowest BCUT2D eigenvalue weighted by Crippen LogP contribution is -2.25. The maximum atomic E-state index is 12.7. The molecule has 1 aliphatic carbocycles. The Morgan fingerprint density at radius 2 is 1.68 bits per heavy atom. The van der Waals surface area contributed by atoms with E-state index in [1.165, 1.54) is 0 Å². The van der Waals surface area contributed by atoms with Crippen molar-refractivity contribution in [2.24, 2.45) is 11.8 Å². The number of nitrogens with one attached hydrogen (secondary N) is 1. The van der Waals surface area contributed by atoms with E-state index in [1.807, 2.05) is 42.5 Å². The maximum Gasteiger partial charge on any atom is 0.307 e. The molecular weight excluding hydrogens is 507 g/mol. The van der Waals surface area contributed by atoms with Crippen LogP contribution in [0.4, 0.5) is 5.82 Å². The van der Waals surface area contributed by atoms with Crippen molar-refractivity contribution in [3.8, 4) is 0 Å². The Labute approximate surface area is 227 Å². The van der Waals surface area contributed by atoms with Crippen LogP contribution in [-0.4, -0.2) is 27.9 Å². The number of carbonyl (C=O) groups excluding carboxylic acids is 1. The zero-order chi connectivity index (χ0) is 26.2. The zero-order valence-corrected chi connectivity index (χ0v) is 22.0. The van der Waals surface area contributed by atoms with E-state index in [0.29, 0.717) is 12.0 Å². The summed E-state index contributed by atoms with van der Waals surface area (Å²) >= 11 is 12.3. The Kier molecular flexibility index (Phi) is 9.37. The van der Waals surface area contributed by atoms with E-state index < -0.39 is 11.9 Å². The number of rotatable bonds is 10. The number of benzene rings is 2. The van der Waals surface area contributed by atoms with Gasteiger partial charge in [-0.1, -0.05) is 71.8 Å². The van der Waals surface area contributed by atoms with Crippen molar-refractivity contribution in [3.05, 3.63) is 99.7 Å². The molecule has 1 saturated carbocycles. The first-order valence-corrected chi connectivity index (χ1v) is 13.3. The highest BCUT2D eigenvalue weighted by molar-refractivity contribution is 6.39. The number of aromatic nitrogens is 1. The SMILES string of the molecule is O=C(CC(Cc1ccc(/C=C/C2CCC(Nc3ccccn3)CC2)cc1)C(=O)O)c1c(Cl)cccc1Cl. The molecule has 0 bridgehead atoms. The summed E-state index contributed by atoms with van der Waals surface area (Å²) < 4.78 is 0. The van der Waals surface area contributed by atoms with Crippen LogP contribution >= 0.6 is 23.2 Å². The minimum Gasteiger partial charge on any atom is -0.481 e. The second kappa shape index (κ2) is 12.9. The number of nitrogens with zero attached hydrogens (tertiary/aromatic N) is 1. The largest absolute Gasteiger partial charge is 0.481 e. The van der Waals surface area contributed by atoms with E-state index >= 15 is 0 Å². The van der Waals surface area contributed by atoms with Gasteiger partial charge in [0, 0.05) is 18.7 Å². The minimum absolute atomic E-state index is 0.168. The van der Waals surface area contributed by atoms with Crippen LogP contribution in [0.25, 0.3) is 6.08 Å². The zero-order valence-electron chi connectivity index (χ0n) is 20.4. The van der Waals surface area contributed by atoms with Gasteiger partial charge in [-0.05, 0) is 73.4 Å². The predicted octanol–water partition coefficient (Wildman–Crippen LogP) is 7.59. The van der Waals surface area contributed by atoms with Crippen molar-refractivity contribution in [1.82, 2.24) is 4.98 Å². The van der Waals surface area contributed by atoms with Crippen LogP contribution in [0, 0.1) is 11.8 Å². The molecule has 192 valence electrons. The smallest absolute Gasteiger partial charge is 0.307 e. The molecule has 2 aromatic carbocycles. The van der Waals surface area contributed by atoms with Gasteiger partial charge in [0.15, 0.2) is 5.78 Å². The van der Waals surface area contributed by atoms with Gasteiger partial charge in [0.2, 0.25) is 0 Å². The molecule has 1 aliphatic rings. The number of carbonyl (C=O) groups is 2. The Bertz CT molecular complexity index is 1220. The van der Waals surface area contributed by atoms with Gasteiger partial charge in [0.05, 0.1) is 21.5 Å². The van der Waals surface area contributed by atoms with E-state index in [-0.39, 0.29) is 34.2 Å². The molecular formula is C30H30Cl2N2O3. The molecule has 5 nitrogen and oxygen atoms in total. The number of halogens is 2. The average Bonchev–Trinajstić information content (AvgIpc) is 2.89. The summed E-state index contributed by atoms with van der Waals surface area (Å²) in [5.74, 6) is -0.776. The number of hydrogen-bond acceptors (Lipinski definition) is 4. The number of anilines is 1. The molecule has 0 amide bonds. The fourth-order valence-electron chi connectivity index (χ4n) is 4.75. The van der Waals surface area contributed by atoms with Crippen LogP contribution in [0.1, 0.15) is 53.6 Å². The molecule has 1 aromatic heterocycles. The van der Waals surface area contributed by atoms with Crippen molar-refractivity contribution in [3.63, 3.8) is 0 Å². The van der Waals surface area contributed by atoms with E-state index in [4.69, 9.17) is 23.2 Å². The summed E-state index contributed by atoms with van der Waals surface area (Å²) in [4.78, 5) is 29.0. The predicted molar refractivity (Wildman–Crippen MR) is 149 cm³/mol. The van der Waals surface area contributed by atoms with Crippen molar-refractivity contribution in [2.45, 2.75) is 44.6 Å². The molecule has 3 aromatic rings. The van der Waals surface area contributed by atoms with Crippen LogP contribution in [0.3, 0.4) is 0 Å². The number of carboxylic acids is 1. The van der Waals surface area contributed by atoms with Gasteiger partial charge in [0.25, 0.3) is 0 Å². The van der Waals surface area contributed by atoms with Crippen molar-refractivity contribution >= 4 is 46.8 Å². The number of Topliss-reactive ketones (excluding diaryl/α,β-unsaturated/α-hetero) is 1. The van der Waals surface area contributed by atoms with Crippen LogP contribution in [0.15, 0.2) is 72.9 Å². The first-order chi connectivity index (χ1) is 17.9. The quantitative estimate of drug-likeness (QED) is 0.261. The summed E-state index contributed by atoms with van der Waals surface area (Å²) in [5, 5.41) is 13.7. The van der Waals surface area contributed by atoms with E-state index in [9.17, 15) is 14.7 Å². The molecule has 37 heavy (non-hydrogen) atoms. The summed E-state index contributed by atoms with van der Waals surface area (Å²) in [6, 6.07) is 19.0. The summed E-state index contributed by atoms with van der Waals surface area (Å²) in [7, 11) is 0. The topological polar surface area (TPSA) is 79.3 Å². The normalized spacial score (nSPS) is 18.4. The Morgan fingerprint density at radius 1 is 0.973 bits per heavy atom. The van der Waals surface area contributed by atoms with Gasteiger partial charge in [-0.15, -0.1) is 0 Å². The summed E-state index contributed by atoms with van der Waals surface area (Å²) in [6.07, 6.45) is 10.8. The molecule has 0 spiro atoms. The lowest BCUT2D eigenvalue weighted by molar-refractivity contribution is -0.141. The highest BCUT2D eigenvalue weighted by Crippen LogP contribution is 2.29. The molecule has 7 heteroatoms. The van der Waals surface area contributed by atoms with Gasteiger partial charge in [-0.3, -0.25) is 9.59 Å². The summed E-state index contributed by atoms with van der Waals surface area (Å²) in [5.41, 5.74) is 2.12. The lowest BCUT2D eigenvalue weighted by Gasteiger charge is -2.27. The fraction of sp³-hybridized carbons (Fsp3) is 0.300. The van der Waals surface area contributed by atoms with Crippen LogP contribution < -0.4 is 5.32 Å². The Morgan fingerprint density at radius 3 is 2.30 bits per heavy atom. The van der Waals surface area contributed by atoms with Gasteiger partial charge in [0.1, 0.15) is 5.82 Å². The van der Waals surface area contributed by atoms with Crippen LogP contribution in [-0.2, 0) is 11.2 Å². The number of aliphatic carboxylic acids is 1. The van der Waals surface area contributed by atoms with Gasteiger partial charge in [-0.25, -0.2) is 4.98 Å². The van der Waals surface area contributed by atoms with Crippen molar-refractivity contribution < 1.29 is 14.7 Å². The second-order valence-electron chi connectivity index (χ2n) is 9.53. The number of hydrogen-bond donors (Lipinski definition) is 2. The highest BCUT2D eigenvalue weighted by atomic mass is 35.5. The molecule has 1 fully saturated rings. The fourth-order valence-corrected chi connectivity index (χ4v) is 5.35. The standard InChI is InChI=1S/C30H30Cl2N2O3/c31-25-4-3-5-26(32)29(25)27(35)19-23(30(36)37)18-22-11-9-20(10-12-22)7-8-21-13-15-24(16-14-21)34-28-6-1-2-17-33-28/h1-12,17,21,23-24H,13-16,18-19H2,(H,33,34)(H,36,37)/b8-7+. The number of pyridine rings is 1. The van der Waals surface area contributed by atoms with Crippen LogP contribution in [0.2, 0.25) is 10.0 Å². The van der Waals surface area contributed by atoms with E-state index in [0.717, 1.165) is 42.6 Å². The van der Waals surface area contributed by atoms with Crippen LogP contribution in [0.5, 0.6) is 0 Å². The molecule has 0 radical (unpaired) electrons. The van der Waals surface area contributed by atoms with E-state index in [1.54, 1.807) is 24.4 Å². The van der Waals surface area contributed by atoms with E-state index in [2.05, 4.69) is 22.5 Å². The molecule has 2 N–H and O–H groups in total.